The number of nitrogens with one attached hydrogen (secondary N) is 1. The fraction of sp³-hybridized carbons (Fsp3) is 0.286. The first kappa shape index (κ1) is 9.24. The van der Waals surface area contributed by atoms with Gasteiger partial charge in [-0.25, -0.2) is 0 Å². The van der Waals surface area contributed by atoms with Crippen molar-refractivity contribution < 1.29 is 14.1 Å². The van der Waals surface area contributed by atoms with Gasteiger partial charge in [-0.3, -0.25) is 14.9 Å². The number of furan rings is 1. The van der Waals surface area contributed by atoms with Crippen molar-refractivity contribution in [1.29, 1.82) is 0 Å². The van der Waals surface area contributed by atoms with Crippen molar-refractivity contribution >= 4 is 11.8 Å². The Morgan fingerprint density at radius 2 is 2.38 bits per heavy atom. The SMILES string of the molecule is CCNC(=O)c1ccc([N+](=O)[O-])o1. The molecule has 1 aromatic heterocycles. The summed E-state index contributed by atoms with van der Waals surface area (Å²) in [6, 6.07) is 2.41. The largest absolute Gasteiger partial charge is 0.433 e. The fourth-order valence-electron chi connectivity index (χ4n) is 0.796. The van der Waals surface area contributed by atoms with Crippen molar-refractivity contribution in [2.45, 2.75) is 6.92 Å². The smallest absolute Gasteiger partial charge is 0.395 e. The molecule has 0 saturated carbocycles. The molecule has 0 radical (unpaired) electrons. The number of hydrogen-bond donors (Lipinski definition) is 1. The van der Waals surface area contributed by atoms with Gasteiger partial charge in [-0.1, -0.05) is 0 Å². The lowest BCUT2D eigenvalue weighted by Crippen LogP contribution is -2.21. The van der Waals surface area contributed by atoms with Crippen LogP contribution in [0.5, 0.6) is 0 Å². The van der Waals surface area contributed by atoms with Gasteiger partial charge in [0.25, 0.3) is 5.91 Å². The van der Waals surface area contributed by atoms with Crippen molar-refractivity contribution in [1.82, 2.24) is 5.32 Å². The molecule has 6 nitrogen and oxygen atoms in total. The molecule has 0 unspecified atom stereocenters. The maximum Gasteiger partial charge on any atom is 0.433 e. The van der Waals surface area contributed by atoms with E-state index in [1.165, 1.54) is 6.07 Å². The first-order chi connectivity index (χ1) is 6.15. The van der Waals surface area contributed by atoms with Crippen LogP contribution >= 0.6 is 0 Å². The maximum atomic E-state index is 11.1. The molecule has 6 heteroatoms. The first-order valence-electron chi connectivity index (χ1n) is 3.67. The second-order valence-electron chi connectivity index (χ2n) is 2.25. The molecule has 0 fully saturated rings. The van der Waals surface area contributed by atoms with E-state index in [9.17, 15) is 14.9 Å². The maximum absolute atomic E-state index is 11.1. The molecule has 1 rings (SSSR count). The highest BCUT2D eigenvalue weighted by Crippen LogP contribution is 2.14. The van der Waals surface area contributed by atoms with Gasteiger partial charge in [0.2, 0.25) is 0 Å². The average Bonchev–Trinajstić information content (AvgIpc) is 2.52. The Morgan fingerprint density at radius 3 is 2.85 bits per heavy atom. The molecule has 0 aliphatic heterocycles. The first-order valence-corrected chi connectivity index (χ1v) is 3.67. The summed E-state index contributed by atoms with van der Waals surface area (Å²) < 4.78 is 4.65. The van der Waals surface area contributed by atoms with E-state index in [4.69, 9.17) is 0 Å². The molecule has 0 bridgehead atoms. The van der Waals surface area contributed by atoms with E-state index in [0.29, 0.717) is 6.54 Å². The van der Waals surface area contributed by atoms with Gasteiger partial charge in [0.1, 0.15) is 4.92 Å². The number of rotatable bonds is 3. The van der Waals surface area contributed by atoms with Gasteiger partial charge in [-0.15, -0.1) is 0 Å². The number of nitro groups is 1. The number of nitrogens with zero attached hydrogens (tertiary/aromatic N) is 1. The van der Waals surface area contributed by atoms with Crippen LogP contribution < -0.4 is 5.32 Å². The van der Waals surface area contributed by atoms with E-state index in [2.05, 4.69) is 9.73 Å². The van der Waals surface area contributed by atoms with Gasteiger partial charge in [-0.05, 0) is 13.0 Å². The number of amides is 1. The summed E-state index contributed by atoms with van der Waals surface area (Å²) >= 11 is 0. The summed E-state index contributed by atoms with van der Waals surface area (Å²) in [4.78, 5) is 20.5. The van der Waals surface area contributed by atoms with E-state index in [1.807, 2.05) is 0 Å². The van der Waals surface area contributed by atoms with Gasteiger partial charge in [0.05, 0.1) is 6.07 Å². The Morgan fingerprint density at radius 1 is 1.69 bits per heavy atom. The third kappa shape index (κ3) is 2.05. The zero-order valence-electron chi connectivity index (χ0n) is 6.94. The lowest BCUT2D eigenvalue weighted by Gasteiger charge is -1.95. The van der Waals surface area contributed by atoms with Gasteiger partial charge in [-0.2, -0.15) is 0 Å². The normalized spacial score (nSPS) is 9.62. The summed E-state index contributed by atoms with van der Waals surface area (Å²) in [5.74, 6) is -0.926. The minimum Gasteiger partial charge on any atom is -0.395 e. The third-order valence-corrected chi connectivity index (χ3v) is 1.33. The van der Waals surface area contributed by atoms with Crippen LogP contribution in [0, 0.1) is 10.1 Å². The van der Waals surface area contributed by atoms with Gasteiger partial charge in [0.15, 0.2) is 5.76 Å². The molecule has 1 amide bonds. The van der Waals surface area contributed by atoms with Crippen molar-refractivity contribution in [3.05, 3.63) is 28.0 Å². The van der Waals surface area contributed by atoms with Crippen LogP contribution in [0.15, 0.2) is 16.5 Å². The second-order valence-corrected chi connectivity index (χ2v) is 2.25. The topological polar surface area (TPSA) is 85.4 Å². The molecular formula is C7H8N2O4. The van der Waals surface area contributed by atoms with Gasteiger partial charge in [0, 0.05) is 6.54 Å². The summed E-state index contributed by atoms with van der Waals surface area (Å²) in [5, 5.41) is 12.6. The van der Waals surface area contributed by atoms with Crippen LogP contribution in [-0.4, -0.2) is 17.4 Å². The molecule has 0 aliphatic carbocycles. The zero-order chi connectivity index (χ0) is 9.84. The Bertz CT molecular complexity index is 331. The Kier molecular flexibility index (Phi) is 2.63. The van der Waals surface area contributed by atoms with E-state index < -0.39 is 16.7 Å². The van der Waals surface area contributed by atoms with E-state index in [-0.39, 0.29) is 5.76 Å². The molecule has 0 saturated heterocycles. The van der Waals surface area contributed by atoms with Crippen molar-refractivity contribution in [2.24, 2.45) is 0 Å². The molecule has 13 heavy (non-hydrogen) atoms. The minimum atomic E-state index is -0.692. The van der Waals surface area contributed by atoms with Crippen LogP contribution in [-0.2, 0) is 0 Å². The van der Waals surface area contributed by atoms with E-state index in [1.54, 1.807) is 6.92 Å². The molecule has 0 aromatic carbocycles. The van der Waals surface area contributed by atoms with Crippen molar-refractivity contribution in [3.63, 3.8) is 0 Å². The highest BCUT2D eigenvalue weighted by molar-refractivity contribution is 5.91. The molecule has 0 atom stereocenters. The zero-order valence-corrected chi connectivity index (χ0v) is 6.94. The number of hydrogen-bond acceptors (Lipinski definition) is 4. The highest BCUT2D eigenvalue weighted by Gasteiger charge is 2.15. The summed E-state index contributed by atoms with van der Waals surface area (Å²) in [6.07, 6.45) is 0. The van der Waals surface area contributed by atoms with Crippen LogP contribution in [0.2, 0.25) is 0 Å². The summed E-state index contributed by atoms with van der Waals surface area (Å²) in [6.45, 7) is 2.20. The lowest BCUT2D eigenvalue weighted by molar-refractivity contribution is -0.402. The number of carbonyl (C=O) groups is 1. The fourth-order valence-corrected chi connectivity index (χ4v) is 0.796. The van der Waals surface area contributed by atoms with Crippen molar-refractivity contribution in [2.75, 3.05) is 6.54 Å². The van der Waals surface area contributed by atoms with E-state index in [0.717, 1.165) is 6.07 Å². The average molecular weight is 184 g/mol. The van der Waals surface area contributed by atoms with Gasteiger partial charge >= 0.3 is 5.88 Å². The van der Waals surface area contributed by atoms with Crippen molar-refractivity contribution in [3.8, 4) is 0 Å². The lowest BCUT2D eigenvalue weighted by atomic mass is 10.4. The predicted molar refractivity (Wildman–Crippen MR) is 43.4 cm³/mol. The minimum absolute atomic E-state index is 0.0476. The quantitative estimate of drug-likeness (QED) is 0.559. The van der Waals surface area contributed by atoms with Crippen LogP contribution in [0.25, 0.3) is 0 Å². The van der Waals surface area contributed by atoms with Gasteiger partial charge < -0.3 is 9.73 Å². The van der Waals surface area contributed by atoms with Crippen LogP contribution in [0.4, 0.5) is 5.88 Å². The monoisotopic (exact) mass is 184 g/mol. The van der Waals surface area contributed by atoms with Crippen LogP contribution in [0.3, 0.4) is 0 Å². The predicted octanol–water partition coefficient (Wildman–Crippen LogP) is 0.938. The molecule has 1 heterocycles. The third-order valence-electron chi connectivity index (χ3n) is 1.33. The standard InChI is InChI=1S/C7H8N2O4/c1-2-8-7(10)5-3-4-6(13-5)9(11)12/h3-4H,2H2,1H3,(H,8,10). The summed E-state index contributed by atoms with van der Waals surface area (Å²) in [5.41, 5.74) is 0. The number of carbonyl (C=O) groups excluding carboxylic acids is 1. The molecule has 1 aromatic rings. The van der Waals surface area contributed by atoms with E-state index >= 15 is 0 Å². The Balaban J connectivity index is 2.79. The molecule has 0 spiro atoms. The summed E-state index contributed by atoms with van der Waals surface area (Å²) in [7, 11) is 0. The Hall–Kier alpha value is -1.85. The van der Waals surface area contributed by atoms with Crippen LogP contribution in [0.1, 0.15) is 17.5 Å². The second kappa shape index (κ2) is 3.70. The molecule has 0 aliphatic rings. The highest BCUT2D eigenvalue weighted by atomic mass is 16.6. The molecular weight excluding hydrogens is 176 g/mol. The molecule has 70 valence electrons. The Labute approximate surface area is 73.7 Å². The molecule has 1 N–H and O–H groups in total.